The first-order valence-corrected chi connectivity index (χ1v) is 8.99. The van der Waals surface area contributed by atoms with E-state index in [1.165, 1.54) is 12.8 Å². The molecule has 2 amide bonds. The van der Waals surface area contributed by atoms with Crippen molar-refractivity contribution in [1.29, 1.82) is 0 Å². The number of rotatable bonds is 3. The van der Waals surface area contributed by atoms with E-state index in [1.807, 2.05) is 18.2 Å². The second-order valence-electron chi connectivity index (χ2n) is 6.91. The second kappa shape index (κ2) is 7.69. The highest BCUT2D eigenvalue weighted by molar-refractivity contribution is 5.86. The number of para-hydroxylation sites is 1. The summed E-state index contributed by atoms with van der Waals surface area (Å²) in [6.45, 7) is 2.77. The average Bonchev–Trinajstić information content (AvgIpc) is 3.08. The molecular formula is C19H26N2O3. The highest BCUT2D eigenvalue weighted by Gasteiger charge is 2.36. The van der Waals surface area contributed by atoms with Gasteiger partial charge < -0.3 is 10.1 Å². The fourth-order valence-corrected chi connectivity index (χ4v) is 3.72. The summed E-state index contributed by atoms with van der Waals surface area (Å²) in [5, 5.41) is 3.17. The van der Waals surface area contributed by atoms with Crippen molar-refractivity contribution in [3.63, 3.8) is 0 Å². The lowest BCUT2D eigenvalue weighted by atomic mass is 9.86. The van der Waals surface area contributed by atoms with Crippen molar-refractivity contribution in [3.05, 3.63) is 30.3 Å². The molecule has 1 aromatic rings. The zero-order chi connectivity index (χ0) is 16.9. The van der Waals surface area contributed by atoms with Gasteiger partial charge in [-0.05, 0) is 43.7 Å². The van der Waals surface area contributed by atoms with Gasteiger partial charge in [0.15, 0.2) is 0 Å². The number of hydrogen-bond donors (Lipinski definition) is 1. The van der Waals surface area contributed by atoms with E-state index in [0.29, 0.717) is 24.6 Å². The normalized spacial score (nSPS) is 26.9. The fraction of sp³-hybridized carbons (Fsp3) is 0.579. The minimum atomic E-state index is -0.435. The Hall–Kier alpha value is -2.04. The van der Waals surface area contributed by atoms with Crippen LogP contribution in [0, 0.1) is 5.92 Å². The number of hydrogen-bond acceptors (Lipinski definition) is 3. The summed E-state index contributed by atoms with van der Waals surface area (Å²) in [7, 11) is 0. The van der Waals surface area contributed by atoms with Crippen molar-refractivity contribution in [3.8, 4) is 5.75 Å². The summed E-state index contributed by atoms with van der Waals surface area (Å²) in [5.74, 6) is 0.986. The number of benzene rings is 1. The van der Waals surface area contributed by atoms with Crippen molar-refractivity contribution in [1.82, 2.24) is 10.2 Å². The molecular weight excluding hydrogens is 304 g/mol. The molecule has 3 rings (SSSR count). The third-order valence-electron chi connectivity index (χ3n) is 5.18. The van der Waals surface area contributed by atoms with Gasteiger partial charge in [0, 0.05) is 12.6 Å². The average molecular weight is 330 g/mol. The SMILES string of the molecule is C[C@@H]1CCCC[C@H]1NC(=O)[C@H]1CCCN1C(=O)Oc1ccccc1. The molecule has 5 nitrogen and oxygen atoms in total. The van der Waals surface area contributed by atoms with Crippen LogP contribution < -0.4 is 10.1 Å². The predicted molar refractivity (Wildman–Crippen MR) is 91.8 cm³/mol. The quantitative estimate of drug-likeness (QED) is 0.924. The number of nitrogens with zero attached hydrogens (tertiary/aromatic N) is 1. The first-order chi connectivity index (χ1) is 11.6. The zero-order valence-corrected chi connectivity index (χ0v) is 14.2. The van der Waals surface area contributed by atoms with Crippen molar-refractivity contribution >= 4 is 12.0 Å². The Balaban J connectivity index is 1.59. The monoisotopic (exact) mass is 330 g/mol. The van der Waals surface area contributed by atoms with Crippen molar-refractivity contribution in [2.24, 2.45) is 5.92 Å². The first kappa shape index (κ1) is 16.8. The number of ether oxygens (including phenoxy) is 1. The molecule has 2 aliphatic rings. The Morgan fingerprint density at radius 3 is 2.58 bits per heavy atom. The molecule has 24 heavy (non-hydrogen) atoms. The van der Waals surface area contributed by atoms with Gasteiger partial charge in [-0.3, -0.25) is 9.69 Å². The molecule has 0 unspecified atom stereocenters. The Morgan fingerprint density at radius 2 is 1.83 bits per heavy atom. The van der Waals surface area contributed by atoms with E-state index in [4.69, 9.17) is 4.74 Å². The van der Waals surface area contributed by atoms with E-state index >= 15 is 0 Å². The van der Waals surface area contributed by atoms with E-state index in [-0.39, 0.29) is 11.9 Å². The maximum Gasteiger partial charge on any atom is 0.415 e. The molecule has 1 aliphatic heterocycles. The Labute approximate surface area is 143 Å². The maximum absolute atomic E-state index is 12.7. The number of carbonyl (C=O) groups is 2. The smallest absolute Gasteiger partial charge is 0.410 e. The minimum Gasteiger partial charge on any atom is -0.410 e. The molecule has 5 heteroatoms. The lowest BCUT2D eigenvalue weighted by molar-refractivity contribution is -0.126. The molecule has 130 valence electrons. The van der Waals surface area contributed by atoms with Crippen LogP contribution in [0.2, 0.25) is 0 Å². The molecule has 1 saturated carbocycles. The minimum absolute atomic E-state index is 0.0312. The molecule has 2 fully saturated rings. The molecule has 1 N–H and O–H groups in total. The number of amides is 2. The molecule has 1 aliphatic carbocycles. The van der Waals surface area contributed by atoms with Gasteiger partial charge in [-0.25, -0.2) is 4.79 Å². The van der Waals surface area contributed by atoms with Crippen LogP contribution in [-0.2, 0) is 4.79 Å². The van der Waals surface area contributed by atoms with Crippen LogP contribution in [0.1, 0.15) is 45.4 Å². The molecule has 0 spiro atoms. The largest absolute Gasteiger partial charge is 0.415 e. The van der Waals surface area contributed by atoms with Gasteiger partial charge in [0.05, 0.1) is 0 Å². The molecule has 3 atom stereocenters. The van der Waals surface area contributed by atoms with Crippen LogP contribution in [0.25, 0.3) is 0 Å². The summed E-state index contributed by atoms with van der Waals surface area (Å²) in [4.78, 5) is 26.6. The van der Waals surface area contributed by atoms with E-state index in [0.717, 1.165) is 19.3 Å². The number of carbonyl (C=O) groups excluding carboxylic acids is 2. The van der Waals surface area contributed by atoms with Crippen LogP contribution in [0.5, 0.6) is 5.75 Å². The van der Waals surface area contributed by atoms with Crippen LogP contribution >= 0.6 is 0 Å². The van der Waals surface area contributed by atoms with Crippen molar-refractivity contribution in [2.75, 3.05) is 6.54 Å². The zero-order valence-electron chi connectivity index (χ0n) is 14.2. The van der Waals surface area contributed by atoms with E-state index in [2.05, 4.69) is 12.2 Å². The van der Waals surface area contributed by atoms with Crippen LogP contribution in [0.3, 0.4) is 0 Å². The van der Waals surface area contributed by atoms with Gasteiger partial charge in [-0.1, -0.05) is 38.0 Å². The fourth-order valence-electron chi connectivity index (χ4n) is 3.72. The van der Waals surface area contributed by atoms with Crippen LogP contribution in [0.15, 0.2) is 30.3 Å². The number of nitrogens with one attached hydrogen (secondary N) is 1. The Morgan fingerprint density at radius 1 is 1.08 bits per heavy atom. The van der Waals surface area contributed by atoms with Gasteiger partial charge in [-0.2, -0.15) is 0 Å². The van der Waals surface area contributed by atoms with E-state index < -0.39 is 12.1 Å². The molecule has 0 bridgehead atoms. The predicted octanol–water partition coefficient (Wildman–Crippen LogP) is 3.34. The standard InChI is InChI=1S/C19H26N2O3/c1-14-8-5-6-11-16(14)20-18(22)17-12-7-13-21(17)19(23)24-15-9-3-2-4-10-15/h2-4,9-10,14,16-17H,5-8,11-13H2,1H3,(H,20,22)/t14-,16-,17-/m1/s1. The molecule has 1 heterocycles. The van der Waals surface area contributed by atoms with Crippen LogP contribution in [0.4, 0.5) is 4.79 Å². The van der Waals surface area contributed by atoms with Gasteiger partial charge in [0.25, 0.3) is 0 Å². The third-order valence-corrected chi connectivity index (χ3v) is 5.18. The second-order valence-corrected chi connectivity index (χ2v) is 6.91. The maximum atomic E-state index is 12.7. The Bertz CT molecular complexity index is 575. The molecule has 0 aromatic heterocycles. The first-order valence-electron chi connectivity index (χ1n) is 8.99. The van der Waals surface area contributed by atoms with Gasteiger partial charge in [-0.15, -0.1) is 0 Å². The highest BCUT2D eigenvalue weighted by atomic mass is 16.6. The summed E-state index contributed by atoms with van der Waals surface area (Å²) >= 11 is 0. The van der Waals surface area contributed by atoms with Crippen LogP contribution in [-0.4, -0.2) is 35.5 Å². The summed E-state index contributed by atoms with van der Waals surface area (Å²) < 4.78 is 5.40. The lowest BCUT2D eigenvalue weighted by Crippen LogP contribution is -2.51. The molecule has 1 aromatic carbocycles. The van der Waals surface area contributed by atoms with Gasteiger partial charge in [0.1, 0.15) is 11.8 Å². The topological polar surface area (TPSA) is 58.6 Å². The summed E-state index contributed by atoms with van der Waals surface area (Å²) in [5.41, 5.74) is 0. The lowest BCUT2D eigenvalue weighted by Gasteiger charge is -2.31. The summed E-state index contributed by atoms with van der Waals surface area (Å²) in [6, 6.07) is 8.82. The van der Waals surface area contributed by atoms with Gasteiger partial charge >= 0.3 is 6.09 Å². The van der Waals surface area contributed by atoms with Crippen molar-refractivity contribution < 1.29 is 14.3 Å². The van der Waals surface area contributed by atoms with Crippen molar-refractivity contribution in [2.45, 2.75) is 57.5 Å². The van der Waals surface area contributed by atoms with E-state index in [9.17, 15) is 9.59 Å². The van der Waals surface area contributed by atoms with E-state index in [1.54, 1.807) is 17.0 Å². The summed E-state index contributed by atoms with van der Waals surface area (Å²) in [6.07, 6.45) is 5.71. The molecule has 0 radical (unpaired) electrons. The molecule has 1 saturated heterocycles. The van der Waals surface area contributed by atoms with Gasteiger partial charge in [0.2, 0.25) is 5.91 Å². The highest BCUT2D eigenvalue weighted by Crippen LogP contribution is 2.25. The number of likely N-dealkylation sites (tertiary alicyclic amines) is 1. The third kappa shape index (κ3) is 3.89. The Kier molecular flexibility index (Phi) is 5.38.